The Kier molecular flexibility index (Phi) is 7.38. The van der Waals surface area contributed by atoms with Crippen LogP contribution in [-0.2, 0) is 14.8 Å². The van der Waals surface area contributed by atoms with Gasteiger partial charge in [0.25, 0.3) is 5.91 Å². The summed E-state index contributed by atoms with van der Waals surface area (Å²) in [6, 6.07) is 5.19. The minimum atomic E-state index is -3.55. The monoisotopic (exact) mass is 395 g/mol. The lowest BCUT2D eigenvalue weighted by atomic mass is 10.0. The molecule has 2 atom stereocenters. The van der Waals surface area contributed by atoms with Gasteiger partial charge in [-0.3, -0.25) is 9.59 Å². The van der Waals surface area contributed by atoms with Crippen molar-refractivity contribution in [3.05, 3.63) is 29.8 Å². The van der Waals surface area contributed by atoms with Crippen LogP contribution in [-0.4, -0.2) is 50.2 Å². The zero-order chi connectivity index (χ0) is 20.0. The SMILES string of the molecule is CCCNC(=O)[C@H](C)NC(=O)c1ccc(S(=O)(=O)N2CCC[C@@H](C)C2)cc1. The molecule has 2 N–H and O–H groups in total. The molecule has 0 spiro atoms. The number of nitrogens with one attached hydrogen (secondary N) is 2. The van der Waals surface area contributed by atoms with E-state index in [9.17, 15) is 18.0 Å². The van der Waals surface area contributed by atoms with Crippen LogP contribution in [0.1, 0.15) is 50.4 Å². The van der Waals surface area contributed by atoms with E-state index in [1.807, 2.05) is 13.8 Å². The third-order valence-electron chi connectivity index (χ3n) is 4.66. The van der Waals surface area contributed by atoms with Crippen molar-refractivity contribution in [1.29, 1.82) is 0 Å². The highest BCUT2D eigenvalue weighted by molar-refractivity contribution is 7.89. The molecule has 2 amide bonds. The third-order valence-corrected chi connectivity index (χ3v) is 6.54. The summed E-state index contributed by atoms with van der Waals surface area (Å²) in [5.74, 6) is -0.313. The summed E-state index contributed by atoms with van der Waals surface area (Å²) in [4.78, 5) is 24.3. The molecule has 0 radical (unpaired) electrons. The summed E-state index contributed by atoms with van der Waals surface area (Å²) in [5.41, 5.74) is 0.316. The van der Waals surface area contributed by atoms with E-state index < -0.39 is 22.0 Å². The van der Waals surface area contributed by atoms with Gasteiger partial charge in [0.15, 0.2) is 0 Å². The molecule has 8 heteroatoms. The van der Waals surface area contributed by atoms with Crippen LogP contribution in [0.15, 0.2) is 29.2 Å². The number of benzene rings is 1. The number of hydrogen-bond donors (Lipinski definition) is 2. The minimum Gasteiger partial charge on any atom is -0.354 e. The first-order valence-corrected chi connectivity index (χ1v) is 10.9. The molecule has 2 rings (SSSR count). The maximum absolute atomic E-state index is 12.8. The fraction of sp³-hybridized carbons (Fsp3) is 0.579. The Hall–Kier alpha value is -1.93. The Morgan fingerprint density at radius 3 is 2.52 bits per heavy atom. The molecule has 1 aromatic carbocycles. The molecule has 0 saturated carbocycles. The number of piperidine rings is 1. The number of amides is 2. The number of sulfonamides is 1. The van der Waals surface area contributed by atoms with Gasteiger partial charge in [-0.15, -0.1) is 0 Å². The Morgan fingerprint density at radius 2 is 1.93 bits per heavy atom. The lowest BCUT2D eigenvalue weighted by molar-refractivity contribution is -0.122. The van der Waals surface area contributed by atoms with Gasteiger partial charge in [-0.05, 0) is 56.4 Å². The van der Waals surface area contributed by atoms with Crippen LogP contribution in [0, 0.1) is 5.92 Å². The minimum absolute atomic E-state index is 0.182. The van der Waals surface area contributed by atoms with Gasteiger partial charge < -0.3 is 10.6 Å². The van der Waals surface area contributed by atoms with Gasteiger partial charge in [0.05, 0.1) is 4.90 Å². The van der Waals surface area contributed by atoms with Gasteiger partial charge in [0.2, 0.25) is 15.9 Å². The second-order valence-corrected chi connectivity index (χ2v) is 9.06. The van der Waals surface area contributed by atoms with Gasteiger partial charge in [0.1, 0.15) is 6.04 Å². The number of carbonyl (C=O) groups is 2. The highest BCUT2D eigenvalue weighted by Crippen LogP contribution is 2.23. The Labute approximate surface area is 161 Å². The summed E-state index contributed by atoms with van der Waals surface area (Å²) in [6.07, 6.45) is 2.71. The highest BCUT2D eigenvalue weighted by atomic mass is 32.2. The van der Waals surface area contributed by atoms with Crippen LogP contribution in [0.2, 0.25) is 0 Å². The number of nitrogens with zero attached hydrogens (tertiary/aromatic N) is 1. The smallest absolute Gasteiger partial charge is 0.251 e. The molecule has 1 heterocycles. The molecule has 1 fully saturated rings. The molecule has 150 valence electrons. The molecule has 1 aromatic rings. The molecule has 7 nitrogen and oxygen atoms in total. The first-order valence-electron chi connectivity index (χ1n) is 9.44. The summed E-state index contributed by atoms with van der Waals surface area (Å²) >= 11 is 0. The van der Waals surface area contributed by atoms with Gasteiger partial charge in [-0.2, -0.15) is 4.31 Å². The highest BCUT2D eigenvalue weighted by Gasteiger charge is 2.28. The quantitative estimate of drug-likeness (QED) is 0.735. The van der Waals surface area contributed by atoms with E-state index >= 15 is 0 Å². The average Bonchev–Trinajstić information content (AvgIpc) is 2.66. The van der Waals surface area contributed by atoms with Crippen molar-refractivity contribution in [1.82, 2.24) is 14.9 Å². The van der Waals surface area contributed by atoms with Crippen molar-refractivity contribution in [2.75, 3.05) is 19.6 Å². The largest absolute Gasteiger partial charge is 0.354 e. The summed E-state index contributed by atoms with van der Waals surface area (Å²) < 4.78 is 27.0. The zero-order valence-electron chi connectivity index (χ0n) is 16.2. The van der Waals surface area contributed by atoms with E-state index in [0.717, 1.165) is 19.3 Å². The van der Waals surface area contributed by atoms with Gasteiger partial charge in [0, 0.05) is 25.2 Å². The zero-order valence-corrected chi connectivity index (χ0v) is 17.0. The first-order chi connectivity index (χ1) is 12.8. The second-order valence-electron chi connectivity index (χ2n) is 7.12. The van der Waals surface area contributed by atoms with Crippen LogP contribution >= 0.6 is 0 Å². The second kappa shape index (κ2) is 9.32. The fourth-order valence-electron chi connectivity index (χ4n) is 3.04. The standard InChI is InChI=1S/C19H29N3O4S/c1-4-11-20-18(23)15(3)21-19(24)16-7-9-17(10-8-16)27(25,26)22-12-5-6-14(2)13-22/h7-10,14-15H,4-6,11-13H2,1-3H3,(H,20,23)(H,21,24)/t14-,15+/m1/s1. The van der Waals surface area contributed by atoms with E-state index in [1.165, 1.54) is 28.6 Å². The number of carbonyl (C=O) groups excluding carboxylic acids is 2. The predicted octanol–water partition coefficient (Wildman–Crippen LogP) is 1.75. The van der Waals surface area contributed by atoms with Crippen LogP contribution in [0.3, 0.4) is 0 Å². The van der Waals surface area contributed by atoms with E-state index in [0.29, 0.717) is 31.1 Å². The van der Waals surface area contributed by atoms with E-state index in [2.05, 4.69) is 10.6 Å². The summed E-state index contributed by atoms with van der Waals surface area (Å²) in [6.45, 7) is 7.21. The van der Waals surface area contributed by atoms with E-state index in [4.69, 9.17) is 0 Å². The Bertz CT molecular complexity index is 762. The normalized spacial score (nSPS) is 19.3. The van der Waals surface area contributed by atoms with E-state index in [-0.39, 0.29) is 10.8 Å². The van der Waals surface area contributed by atoms with Crippen molar-refractivity contribution < 1.29 is 18.0 Å². The molecule has 0 unspecified atom stereocenters. The molecule has 0 aromatic heterocycles. The number of hydrogen-bond acceptors (Lipinski definition) is 4. The number of rotatable bonds is 7. The molecule has 27 heavy (non-hydrogen) atoms. The van der Waals surface area contributed by atoms with Crippen molar-refractivity contribution in [3.63, 3.8) is 0 Å². The average molecular weight is 396 g/mol. The van der Waals surface area contributed by atoms with E-state index in [1.54, 1.807) is 6.92 Å². The predicted molar refractivity (Wildman–Crippen MR) is 104 cm³/mol. The van der Waals surface area contributed by atoms with Crippen molar-refractivity contribution in [3.8, 4) is 0 Å². The van der Waals surface area contributed by atoms with Gasteiger partial charge >= 0.3 is 0 Å². The lowest BCUT2D eigenvalue weighted by Crippen LogP contribution is -2.45. The fourth-order valence-corrected chi connectivity index (χ4v) is 4.64. The topological polar surface area (TPSA) is 95.6 Å². The Balaban J connectivity index is 2.03. The Morgan fingerprint density at radius 1 is 1.26 bits per heavy atom. The summed E-state index contributed by atoms with van der Waals surface area (Å²) in [7, 11) is -3.55. The van der Waals surface area contributed by atoms with Gasteiger partial charge in [-0.1, -0.05) is 13.8 Å². The third kappa shape index (κ3) is 5.52. The lowest BCUT2D eigenvalue weighted by Gasteiger charge is -2.30. The van der Waals surface area contributed by atoms with Gasteiger partial charge in [-0.25, -0.2) is 8.42 Å². The molecule has 1 aliphatic rings. The maximum Gasteiger partial charge on any atom is 0.251 e. The molecule has 1 saturated heterocycles. The molecular formula is C19H29N3O4S. The molecule has 0 aliphatic carbocycles. The molecule has 0 bridgehead atoms. The first kappa shape index (κ1) is 21.4. The van der Waals surface area contributed by atoms with Crippen LogP contribution < -0.4 is 10.6 Å². The molecular weight excluding hydrogens is 366 g/mol. The van der Waals surface area contributed by atoms with Crippen LogP contribution in [0.25, 0.3) is 0 Å². The van der Waals surface area contributed by atoms with Crippen molar-refractivity contribution >= 4 is 21.8 Å². The maximum atomic E-state index is 12.8. The van der Waals surface area contributed by atoms with Crippen molar-refractivity contribution in [2.24, 2.45) is 5.92 Å². The van der Waals surface area contributed by atoms with Crippen LogP contribution in [0.4, 0.5) is 0 Å². The molecule has 1 aliphatic heterocycles. The van der Waals surface area contributed by atoms with Crippen LogP contribution in [0.5, 0.6) is 0 Å². The van der Waals surface area contributed by atoms with Crippen molar-refractivity contribution in [2.45, 2.75) is 51.0 Å². The summed E-state index contributed by atoms with van der Waals surface area (Å²) in [5, 5.41) is 5.34.